The van der Waals surface area contributed by atoms with Gasteiger partial charge in [0, 0.05) is 38.2 Å². The van der Waals surface area contributed by atoms with Crippen LogP contribution in [0.15, 0.2) is 29.2 Å². The lowest BCUT2D eigenvalue weighted by Crippen LogP contribution is -2.37. The number of carbonyl (C=O) groups is 2. The van der Waals surface area contributed by atoms with E-state index in [2.05, 4.69) is 0 Å². The van der Waals surface area contributed by atoms with Crippen LogP contribution in [0.1, 0.15) is 37.0 Å². The minimum Gasteiger partial charge on any atom is -0.341 e. The highest BCUT2D eigenvalue weighted by Crippen LogP contribution is 2.19. The molecule has 0 N–H and O–H groups in total. The third kappa shape index (κ3) is 3.97. The number of ketones is 1. The standard InChI is InChI=1S/C16H22N2O4S/c1-3-16(20)17-8-5-9-18(11-10-17)23(21,22)15-7-4-6-14(12-15)13(2)19/h4,6-7,12H,3,5,8-11H2,1-2H3. The number of hydrogen-bond acceptors (Lipinski definition) is 4. The van der Waals surface area contributed by atoms with Crippen LogP contribution in [0.5, 0.6) is 0 Å². The maximum atomic E-state index is 12.8. The second kappa shape index (κ2) is 7.23. The Kier molecular flexibility index (Phi) is 5.54. The second-order valence-corrected chi connectivity index (χ2v) is 7.51. The highest BCUT2D eigenvalue weighted by Gasteiger charge is 2.28. The molecule has 0 aromatic heterocycles. The van der Waals surface area contributed by atoms with Gasteiger partial charge in [-0.15, -0.1) is 0 Å². The van der Waals surface area contributed by atoms with Gasteiger partial charge in [0.2, 0.25) is 15.9 Å². The first-order valence-electron chi connectivity index (χ1n) is 7.75. The Balaban J connectivity index is 2.21. The SMILES string of the molecule is CCC(=O)N1CCCN(S(=O)(=O)c2cccc(C(C)=O)c2)CC1. The van der Waals surface area contributed by atoms with Gasteiger partial charge in [-0.25, -0.2) is 8.42 Å². The summed E-state index contributed by atoms with van der Waals surface area (Å²) < 4.78 is 26.9. The van der Waals surface area contributed by atoms with Gasteiger partial charge in [-0.2, -0.15) is 4.31 Å². The van der Waals surface area contributed by atoms with Gasteiger partial charge in [0.05, 0.1) is 4.90 Å². The number of rotatable bonds is 4. The zero-order valence-electron chi connectivity index (χ0n) is 13.5. The number of hydrogen-bond donors (Lipinski definition) is 0. The zero-order chi connectivity index (χ0) is 17.0. The van der Waals surface area contributed by atoms with Crippen LogP contribution in [-0.4, -0.2) is 55.5 Å². The molecular formula is C16H22N2O4S. The zero-order valence-corrected chi connectivity index (χ0v) is 14.3. The van der Waals surface area contributed by atoms with Crippen molar-refractivity contribution in [3.63, 3.8) is 0 Å². The lowest BCUT2D eigenvalue weighted by molar-refractivity contribution is -0.130. The summed E-state index contributed by atoms with van der Waals surface area (Å²) in [6.45, 7) is 4.84. The molecule has 6 nitrogen and oxygen atoms in total. The van der Waals surface area contributed by atoms with Gasteiger partial charge in [0.1, 0.15) is 0 Å². The van der Waals surface area contributed by atoms with Gasteiger partial charge in [-0.1, -0.05) is 19.1 Å². The molecule has 1 aromatic carbocycles. The molecule has 0 spiro atoms. The number of Topliss-reactive ketones (excluding diaryl/α,β-unsaturated/α-hetero) is 1. The maximum absolute atomic E-state index is 12.8. The Hall–Kier alpha value is -1.73. The molecule has 0 atom stereocenters. The van der Waals surface area contributed by atoms with Crippen LogP contribution in [0.25, 0.3) is 0 Å². The minimum atomic E-state index is -3.65. The fourth-order valence-corrected chi connectivity index (χ4v) is 4.15. The fraction of sp³-hybridized carbons (Fsp3) is 0.500. The van der Waals surface area contributed by atoms with E-state index < -0.39 is 10.0 Å². The van der Waals surface area contributed by atoms with Crippen LogP contribution < -0.4 is 0 Å². The molecule has 7 heteroatoms. The van der Waals surface area contributed by atoms with Crippen molar-refractivity contribution in [1.29, 1.82) is 0 Å². The smallest absolute Gasteiger partial charge is 0.243 e. The monoisotopic (exact) mass is 338 g/mol. The van der Waals surface area contributed by atoms with E-state index in [9.17, 15) is 18.0 Å². The van der Waals surface area contributed by atoms with E-state index in [1.807, 2.05) is 0 Å². The summed E-state index contributed by atoms with van der Waals surface area (Å²) >= 11 is 0. The van der Waals surface area contributed by atoms with Crippen molar-refractivity contribution >= 4 is 21.7 Å². The molecule has 1 aliphatic heterocycles. The van der Waals surface area contributed by atoms with Crippen LogP contribution >= 0.6 is 0 Å². The topological polar surface area (TPSA) is 74.8 Å². The molecular weight excluding hydrogens is 316 g/mol. The van der Waals surface area contributed by atoms with Gasteiger partial charge in [-0.3, -0.25) is 9.59 Å². The van der Waals surface area contributed by atoms with Gasteiger partial charge >= 0.3 is 0 Å². The van der Waals surface area contributed by atoms with E-state index in [4.69, 9.17) is 0 Å². The number of benzene rings is 1. The average Bonchev–Trinajstić information content (AvgIpc) is 2.80. The molecule has 1 amide bonds. The highest BCUT2D eigenvalue weighted by molar-refractivity contribution is 7.89. The molecule has 0 radical (unpaired) electrons. The van der Waals surface area contributed by atoms with E-state index in [1.54, 1.807) is 24.0 Å². The van der Waals surface area contributed by atoms with Crippen LogP contribution in [0.4, 0.5) is 0 Å². The molecule has 1 aromatic rings. The number of carbonyl (C=O) groups excluding carboxylic acids is 2. The molecule has 1 heterocycles. The van der Waals surface area contributed by atoms with E-state index in [0.29, 0.717) is 38.0 Å². The maximum Gasteiger partial charge on any atom is 0.243 e. The quantitative estimate of drug-likeness (QED) is 0.780. The Morgan fingerprint density at radius 3 is 2.52 bits per heavy atom. The van der Waals surface area contributed by atoms with Crippen molar-refractivity contribution in [1.82, 2.24) is 9.21 Å². The first-order valence-corrected chi connectivity index (χ1v) is 9.19. The summed E-state index contributed by atoms with van der Waals surface area (Å²) in [4.78, 5) is 25.1. The highest BCUT2D eigenvalue weighted by atomic mass is 32.2. The molecule has 0 bridgehead atoms. The normalized spacial score (nSPS) is 16.9. The summed E-state index contributed by atoms with van der Waals surface area (Å²) in [5, 5.41) is 0. The van der Waals surface area contributed by atoms with Gasteiger partial charge in [0.15, 0.2) is 5.78 Å². The van der Waals surface area contributed by atoms with Crippen LogP contribution in [0.3, 0.4) is 0 Å². The lowest BCUT2D eigenvalue weighted by Gasteiger charge is -2.21. The largest absolute Gasteiger partial charge is 0.341 e. The predicted molar refractivity (Wildman–Crippen MR) is 86.7 cm³/mol. The predicted octanol–water partition coefficient (Wildman–Crippen LogP) is 1.52. The Morgan fingerprint density at radius 1 is 1.13 bits per heavy atom. The summed E-state index contributed by atoms with van der Waals surface area (Å²) in [5.74, 6) is -0.125. The third-order valence-corrected chi connectivity index (χ3v) is 5.88. The third-order valence-electron chi connectivity index (χ3n) is 3.99. The van der Waals surface area contributed by atoms with E-state index >= 15 is 0 Å². The summed E-state index contributed by atoms with van der Waals surface area (Å²) in [6.07, 6.45) is 1.03. The fourth-order valence-electron chi connectivity index (χ4n) is 2.63. The van der Waals surface area contributed by atoms with Gasteiger partial charge in [0.25, 0.3) is 0 Å². The Bertz CT molecular complexity index is 700. The summed E-state index contributed by atoms with van der Waals surface area (Å²) in [7, 11) is -3.65. The molecule has 0 unspecified atom stereocenters. The van der Waals surface area contributed by atoms with Gasteiger partial charge < -0.3 is 4.90 Å². The molecule has 1 fully saturated rings. The van der Waals surface area contributed by atoms with Crippen molar-refractivity contribution in [2.24, 2.45) is 0 Å². The van der Waals surface area contributed by atoms with E-state index in [0.717, 1.165) is 0 Å². The first kappa shape index (κ1) is 17.6. The van der Waals surface area contributed by atoms with Crippen molar-refractivity contribution < 1.29 is 18.0 Å². The van der Waals surface area contributed by atoms with Crippen LogP contribution in [0.2, 0.25) is 0 Å². The van der Waals surface area contributed by atoms with Crippen molar-refractivity contribution in [2.45, 2.75) is 31.6 Å². The number of sulfonamides is 1. The Morgan fingerprint density at radius 2 is 1.87 bits per heavy atom. The van der Waals surface area contributed by atoms with E-state index in [-0.39, 0.29) is 23.1 Å². The summed E-state index contributed by atoms with van der Waals surface area (Å²) in [5.41, 5.74) is 0.378. The Labute approximate surface area is 137 Å². The van der Waals surface area contributed by atoms with Gasteiger partial charge in [-0.05, 0) is 25.5 Å². The molecule has 2 rings (SSSR count). The molecule has 1 saturated heterocycles. The number of nitrogens with zero attached hydrogens (tertiary/aromatic N) is 2. The molecule has 0 aliphatic carbocycles. The first-order chi connectivity index (χ1) is 10.9. The lowest BCUT2D eigenvalue weighted by atomic mass is 10.2. The van der Waals surface area contributed by atoms with Crippen LogP contribution in [0, 0.1) is 0 Å². The minimum absolute atomic E-state index is 0.0443. The molecule has 1 aliphatic rings. The molecule has 126 valence electrons. The molecule has 0 saturated carbocycles. The second-order valence-electron chi connectivity index (χ2n) is 5.58. The van der Waals surface area contributed by atoms with Crippen molar-refractivity contribution in [2.75, 3.05) is 26.2 Å². The van der Waals surface area contributed by atoms with Crippen molar-refractivity contribution in [3.05, 3.63) is 29.8 Å². The molecule has 23 heavy (non-hydrogen) atoms. The number of amides is 1. The van der Waals surface area contributed by atoms with Crippen molar-refractivity contribution in [3.8, 4) is 0 Å². The average molecular weight is 338 g/mol. The van der Waals surface area contributed by atoms with E-state index in [1.165, 1.54) is 23.4 Å². The van der Waals surface area contributed by atoms with Crippen LogP contribution in [-0.2, 0) is 14.8 Å². The summed E-state index contributed by atoms with van der Waals surface area (Å²) in [6, 6.07) is 6.10.